The first kappa shape index (κ1) is 14.7. The molecule has 2 aromatic rings. The van der Waals surface area contributed by atoms with Crippen LogP contribution in [0.1, 0.15) is 25.1 Å². The molecule has 1 amide bonds. The van der Waals surface area contributed by atoms with Crippen LogP contribution in [0.15, 0.2) is 16.9 Å². The van der Waals surface area contributed by atoms with Crippen molar-refractivity contribution in [2.24, 2.45) is 0 Å². The Balaban J connectivity index is 1.89. The highest BCUT2D eigenvalue weighted by Crippen LogP contribution is 2.32. The van der Waals surface area contributed by atoms with E-state index in [4.69, 9.17) is 16.1 Å². The van der Waals surface area contributed by atoms with Crippen molar-refractivity contribution in [1.82, 2.24) is 25.4 Å². The smallest absolute Gasteiger partial charge is 0.225 e. The van der Waals surface area contributed by atoms with Crippen molar-refractivity contribution >= 4 is 23.5 Å². The third-order valence-corrected chi connectivity index (χ3v) is 3.72. The summed E-state index contributed by atoms with van der Waals surface area (Å²) in [5.41, 5.74) is -0.702. The van der Waals surface area contributed by atoms with Gasteiger partial charge in [-0.05, 0) is 6.42 Å². The highest BCUT2D eigenvalue weighted by Gasteiger charge is 2.45. The fourth-order valence-electron chi connectivity index (χ4n) is 2.62. The molecule has 0 unspecified atom stereocenters. The third-order valence-electron chi connectivity index (χ3n) is 3.53. The SMILES string of the molecule is CC(=O)N[C@@]1(c2noc(C)n2)CCN(c2ncc(Cl)cn2)C1. The van der Waals surface area contributed by atoms with Gasteiger partial charge in [-0.15, -0.1) is 0 Å². The average molecular weight is 323 g/mol. The number of aryl methyl sites for hydroxylation is 1. The van der Waals surface area contributed by atoms with E-state index in [1.807, 2.05) is 4.90 Å². The molecule has 0 aromatic carbocycles. The van der Waals surface area contributed by atoms with Crippen molar-refractivity contribution in [3.8, 4) is 0 Å². The van der Waals surface area contributed by atoms with Crippen LogP contribution in [0.3, 0.4) is 0 Å². The minimum atomic E-state index is -0.702. The summed E-state index contributed by atoms with van der Waals surface area (Å²) in [6, 6.07) is 0. The summed E-state index contributed by atoms with van der Waals surface area (Å²) in [7, 11) is 0. The summed E-state index contributed by atoms with van der Waals surface area (Å²) >= 11 is 5.81. The molecular weight excluding hydrogens is 308 g/mol. The van der Waals surface area contributed by atoms with Gasteiger partial charge in [0.05, 0.1) is 24.0 Å². The van der Waals surface area contributed by atoms with Gasteiger partial charge in [0.2, 0.25) is 17.7 Å². The predicted octanol–water partition coefficient (Wildman–Crippen LogP) is 1.06. The number of hydrogen-bond acceptors (Lipinski definition) is 7. The lowest BCUT2D eigenvalue weighted by atomic mass is 9.97. The van der Waals surface area contributed by atoms with Crippen LogP contribution < -0.4 is 10.2 Å². The van der Waals surface area contributed by atoms with Crippen molar-refractivity contribution in [2.75, 3.05) is 18.0 Å². The number of carbonyl (C=O) groups is 1. The molecule has 0 spiro atoms. The van der Waals surface area contributed by atoms with E-state index in [2.05, 4.69) is 25.4 Å². The van der Waals surface area contributed by atoms with Gasteiger partial charge in [-0.25, -0.2) is 9.97 Å². The zero-order valence-corrected chi connectivity index (χ0v) is 13.0. The Bertz CT molecular complexity index is 688. The van der Waals surface area contributed by atoms with Crippen LogP contribution in [0.4, 0.5) is 5.95 Å². The molecule has 3 rings (SSSR count). The number of nitrogens with zero attached hydrogens (tertiary/aromatic N) is 5. The molecule has 3 heterocycles. The molecule has 1 N–H and O–H groups in total. The fourth-order valence-corrected chi connectivity index (χ4v) is 2.72. The molecule has 1 aliphatic rings. The van der Waals surface area contributed by atoms with Crippen molar-refractivity contribution < 1.29 is 9.32 Å². The molecule has 22 heavy (non-hydrogen) atoms. The van der Waals surface area contributed by atoms with Gasteiger partial charge in [-0.2, -0.15) is 4.98 Å². The molecule has 0 radical (unpaired) electrons. The molecule has 1 fully saturated rings. The number of amides is 1. The lowest BCUT2D eigenvalue weighted by Gasteiger charge is -2.26. The van der Waals surface area contributed by atoms with E-state index in [1.165, 1.54) is 6.92 Å². The molecule has 2 aromatic heterocycles. The summed E-state index contributed by atoms with van der Waals surface area (Å²) < 4.78 is 5.06. The maximum Gasteiger partial charge on any atom is 0.225 e. The minimum Gasteiger partial charge on any atom is -0.342 e. The quantitative estimate of drug-likeness (QED) is 0.902. The lowest BCUT2D eigenvalue weighted by molar-refractivity contribution is -0.120. The number of halogens is 1. The molecule has 9 heteroatoms. The zero-order valence-electron chi connectivity index (χ0n) is 12.2. The van der Waals surface area contributed by atoms with Gasteiger partial charge in [0, 0.05) is 20.4 Å². The molecule has 116 valence electrons. The van der Waals surface area contributed by atoms with E-state index < -0.39 is 5.54 Å². The Morgan fingerprint density at radius 1 is 1.45 bits per heavy atom. The minimum absolute atomic E-state index is 0.152. The highest BCUT2D eigenvalue weighted by atomic mass is 35.5. The Hall–Kier alpha value is -2.22. The standard InChI is InChI=1S/C13H15ClN6O2/c1-8(21)18-13(11-17-9(2)22-19-11)3-4-20(7-13)12-15-5-10(14)6-16-12/h5-6H,3-4,7H2,1-2H3,(H,18,21)/t13-/m0/s1. The summed E-state index contributed by atoms with van der Waals surface area (Å²) in [5, 5.41) is 7.40. The fraction of sp³-hybridized carbons (Fsp3) is 0.462. The Morgan fingerprint density at radius 3 is 2.77 bits per heavy atom. The number of hydrogen-bond donors (Lipinski definition) is 1. The maximum absolute atomic E-state index is 11.6. The topological polar surface area (TPSA) is 97.0 Å². The molecule has 0 aliphatic carbocycles. The third kappa shape index (κ3) is 2.74. The van der Waals surface area contributed by atoms with Crippen LogP contribution >= 0.6 is 11.6 Å². The molecular formula is C13H15ClN6O2. The second-order valence-electron chi connectivity index (χ2n) is 5.27. The number of rotatable bonds is 3. The second kappa shape index (κ2) is 5.53. The molecule has 0 bridgehead atoms. The summed E-state index contributed by atoms with van der Waals surface area (Å²) in [4.78, 5) is 26.3. The lowest BCUT2D eigenvalue weighted by Crippen LogP contribution is -2.48. The number of aromatic nitrogens is 4. The van der Waals surface area contributed by atoms with Crippen LogP contribution in [0.5, 0.6) is 0 Å². The van der Waals surface area contributed by atoms with E-state index in [0.29, 0.717) is 42.2 Å². The van der Waals surface area contributed by atoms with Gasteiger partial charge >= 0.3 is 0 Å². The first-order valence-corrected chi connectivity index (χ1v) is 7.18. The first-order chi connectivity index (χ1) is 10.5. The Labute approximate surface area is 131 Å². The summed E-state index contributed by atoms with van der Waals surface area (Å²) in [5.74, 6) is 1.33. The average Bonchev–Trinajstić information content (AvgIpc) is 3.07. The first-order valence-electron chi connectivity index (χ1n) is 6.80. The van der Waals surface area contributed by atoms with Gasteiger partial charge in [-0.3, -0.25) is 4.79 Å². The molecule has 1 saturated heterocycles. The molecule has 8 nitrogen and oxygen atoms in total. The van der Waals surface area contributed by atoms with Gasteiger partial charge in [0.1, 0.15) is 5.54 Å². The number of anilines is 1. The number of carbonyl (C=O) groups excluding carboxylic acids is 1. The van der Waals surface area contributed by atoms with Gasteiger partial charge < -0.3 is 14.7 Å². The predicted molar refractivity (Wildman–Crippen MR) is 78.4 cm³/mol. The zero-order chi connectivity index (χ0) is 15.7. The largest absolute Gasteiger partial charge is 0.342 e. The monoisotopic (exact) mass is 322 g/mol. The van der Waals surface area contributed by atoms with E-state index in [9.17, 15) is 4.79 Å². The van der Waals surface area contributed by atoms with E-state index >= 15 is 0 Å². The van der Waals surface area contributed by atoms with Gasteiger partial charge in [-0.1, -0.05) is 16.8 Å². The second-order valence-corrected chi connectivity index (χ2v) is 5.71. The van der Waals surface area contributed by atoms with Crippen LogP contribution in [0, 0.1) is 6.92 Å². The summed E-state index contributed by atoms with van der Waals surface area (Å²) in [6.45, 7) is 4.31. The highest BCUT2D eigenvalue weighted by molar-refractivity contribution is 6.30. The van der Waals surface area contributed by atoms with Crippen LogP contribution in [0.2, 0.25) is 5.02 Å². The van der Waals surface area contributed by atoms with E-state index in [-0.39, 0.29) is 5.91 Å². The van der Waals surface area contributed by atoms with Crippen molar-refractivity contribution in [2.45, 2.75) is 25.8 Å². The molecule has 1 aliphatic heterocycles. The molecule has 1 atom stereocenters. The Kier molecular flexibility index (Phi) is 3.69. The molecule has 0 saturated carbocycles. The van der Waals surface area contributed by atoms with Gasteiger partial charge in [0.15, 0.2) is 5.82 Å². The number of nitrogens with one attached hydrogen (secondary N) is 1. The van der Waals surface area contributed by atoms with Crippen LogP contribution in [-0.4, -0.2) is 39.1 Å². The van der Waals surface area contributed by atoms with E-state index in [0.717, 1.165) is 0 Å². The summed E-state index contributed by atoms with van der Waals surface area (Å²) in [6.07, 6.45) is 3.72. The van der Waals surface area contributed by atoms with Crippen molar-refractivity contribution in [1.29, 1.82) is 0 Å². The van der Waals surface area contributed by atoms with Crippen molar-refractivity contribution in [3.05, 3.63) is 29.1 Å². The maximum atomic E-state index is 11.6. The normalized spacial score (nSPS) is 21.1. The van der Waals surface area contributed by atoms with Crippen molar-refractivity contribution in [3.63, 3.8) is 0 Å². The van der Waals surface area contributed by atoms with Crippen LogP contribution in [-0.2, 0) is 10.3 Å². The Morgan fingerprint density at radius 2 is 2.18 bits per heavy atom. The van der Waals surface area contributed by atoms with E-state index in [1.54, 1.807) is 19.3 Å². The van der Waals surface area contributed by atoms with Crippen LogP contribution in [0.25, 0.3) is 0 Å². The van der Waals surface area contributed by atoms with Gasteiger partial charge in [0.25, 0.3) is 0 Å².